The van der Waals surface area contributed by atoms with E-state index in [2.05, 4.69) is 107 Å². The van der Waals surface area contributed by atoms with Crippen LogP contribution in [-0.4, -0.2) is 48.4 Å². The Morgan fingerprint density at radius 3 is 1.84 bits per heavy atom. The average molecular weight is 929 g/mol. The van der Waals surface area contributed by atoms with Gasteiger partial charge in [-0.2, -0.15) is 0 Å². The van der Waals surface area contributed by atoms with Crippen LogP contribution in [0, 0.1) is 73.4 Å². The van der Waals surface area contributed by atoms with Gasteiger partial charge in [0.25, 0.3) is 0 Å². The molecule has 1 aromatic rings. The van der Waals surface area contributed by atoms with E-state index in [1.165, 1.54) is 25.4 Å². The monoisotopic (exact) mass is 929 g/mol. The van der Waals surface area contributed by atoms with E-state index in [0.29, 0.717) is 23.3 Å². The van der Waals surface area contributed by atoms with Gasteiger partial charge in [0.05, 0.1) is 25.0 Å². The first kappa shape index (κ1) is 46.7. The summed E-state index contributed by atoms with van der Waals surface area (Å²) in [6.45, 7) is 27.9. The Balaban J connectivity index is 0.954. The molecule has 0 saturated heterocycles. The van der Waals surface area contributed by atoms with Crippen molar-refractivity contribution < 1.29 is 38.4 Å². The van der Waals surface area contributed by atoms with E-state index < -0.39 is 33.4 Å². The molecule has 8 heteroatoms. The minimum absolute atomic E-state index is 0.00647. The summed E-state index contributed by atoms with van der Waals surface area (Å²) in [5.74, 6) is -0.961. The molecule has 1 heterocycles. The average Bonchev–Trinajstić information content (AvgIpc) is 3.29. The number of hydrogen-bond donors (Lipinski definition) is 1. The largest absolute Gasteiger partial charge is 0.471 e. The van der Waals surface area contributed by atoms with Crippen molar-refractivity contribution in [3.05, 3.63) is 63.8 Å². The van der Waals surface area contributed by atoms with Crippen LogP contribution in [0.2, 0.25) is 0 Å². The van der Waals surface area contributed by atoms with Crippen LogP contribution in [0.15, 0.2) is 47.1 Å². The Kier molecular flexibility index (Phi) is 9.37. The second-order valence-corrected chi connectivity index (χ2v) is 27.4. The molecule has 8 nitrogen and oxygen atoms in total. The van der Waals surface area contributed by atoms with Gasteiger partial charge in [-0.15, -0.1) is 0 Å². The highest BCUT2D eigenvalue weighted by atomic mass is 16.7. The molecule has 10 aliphatic rings. The first-order valence-electron chi connectivity index (χ1n) is 26.4. The molecule has 68 heavy (non-hydrogen) atoms. The molecule has 1 aromatic carbocycles. The fraction of sp³-hybridized carbons (Fsp3) is 0.717. The molecule has 6 saturated carbocycles. The molecule has 0 radical (unpaired) electrons. The quantitative estimate of drug-likeness (QED) is 0.292. The number of methoxy groups -OCH3 is 2. The van der Waals surface area contributed by atoms with Gasteiger partial charge in [0.2, 0.25) is 11.4 Å². The molecule has 11 rings (SSSR count). The number of ether oxygens (including phenoxy) is 4. The lowest BCUT2D eigenvalue weighted by Gasteiger charge is -2.71. The number of aliphatic hydroxyl groups is 1. The predicted octanol–water partition coefficient (Wildman–Crippen LogP) is 12.7. The highest BCUT2D eigenvalue weighted by Gasteiger charge is 2.72. The SMILES string of the molecule is COC(=O)[C@]1(C)CC[C@]2(C)CC[C@]3(C)C4=CC=C5C(=CC(=O)[C@@]6(O)Oc7cc8c(c(C)c7O[C@@]56C)C=C[C@@H]5[C@@]8(C)CC[C@@]6(C)[C@@H]7C[C@](C)(C(=O)OC)CC[C@]7(C)CC[C@]56C)[C@]4(C)CC[C@@]3(C)[C@@H]2C1. The van der Waals surface area contributed by atoms with Crippen LogP contribution in [0.25, 0.3) is 6.08 Å². The number of carbonyl (C=O) groups is 3. The smallest absolute Gasteiger partial charge is 0.317 e. The maximum Gasteiger partial charge on any atom is 0.317 e. The highest BCUT2D eigenvalue weighted by Crippen LogP contribution is 2.78. The molecule has 0 amide bonds. The Bertz CT molecular complexity index is 2620. The van der Waals surface area contributed by atoms with Crippen LogP contribution < -0.4 is 9.47 Å². The van der Waals surface area contributed by atoms with E-state index in [4.69, 9.17) is 18.9 Å². The summed E-state index contributed by atoms with van der Waals surface area (Å²) in [6.07, 6.45) is 24.6. The van der Waals surface area contributed by atoms with E-state index in [1.807, 2.05) is 6.92 Å². The molecule has 0 spiro atoms. The number of ketones is 1. The number of esters is 2. The van der Waals surface area contributed by atoms with Gasteiger partial charge in [-0.3, -0.25) is 14.4 Å². The number of allylic oxidation sites excluding steroid dienone is 4. The van der Waals surface area contributed by atoms with Crippen molar-refractivity contribution in [2.75, 3.05) is 14.2 Å². The topological polar surface area (TPSA) is 108 Å². The standard InChI is InChI=1S/C60H80O8/c1-35-36-15-17-41-53(6,25-29-57(10)43-33-51(4,47(62)65-13)21-19-49(43,2)23-27-55(41,57)8)38(36)31-40-46(35)68-59(12)37-16-18-42-54(7,39(37)32-45(61)60(59,64)67-40)26-30-58(11)44-34-52(5,48(63)66-14)22-20-50(44,3)24-28-56(42,58)9/h15-18,31-32,41,43-44,64H,19-30,33-34H2,1-14H3/t41-,43-,44-,49-,50-,51-,52-,53+,54+,55-,56-,57+,58+,59+,60-/m1/s1. The zero-order valence-electron chi connectivity index (χ0n) is 43.9. The fourth-order valence-corrected chi connectivity index (χ4v) is 19.2. The van der Waals surface area contributed by atoms with Crippen LogP contribution in [0.5, 0.6) is 11.5 Å². The van der Waals surface area contributed by atoms with Crippen molar-refractivity contribution in [3.63, 3.8) is 0 Å². The van der Waals surface area contributed by atoms with Crippen molar-refractivity contribution >= 4 is 23.8 Å². The molecule has 368 valence electrons. The number of hydrogen-bond acceptors (Lipinski definition) is 8. The first-order valence-corrected chi connectivity index (χ1v) is 26.4. The summed E-state index contributed by atoms with van der Waals surface area (Å²) in [7, 11) is 3.06. The predicted molar refractivity (Wildman–Crippen MR) is 264 cm³/mol. The minimum atomic E-state index is -2.28. The lowest BCUT2D eigenvalue weighted by Crippen LogP contribution is -2.70. The van der Waals surface area contributed by atoms with Crippen LogP contribution in [0.4, 0.5) is 0 Å². The van der Waals surface area contributed by atoms with Crippen LogP contribution in [-0.2, 0) is 29.3 Å². The maximum atomic E-state index is 14.9. The van der Waals surface area contributed by atoms with Crippen molar-refractivity contribution in [1.82, 2.24) is 0 Å². The minimum Gasteiger partial charge on any atom is -0.471 e. The summed E-state index contributed by atoms with van der Waals surface area (Å²) < 4.78 is 24.9. The van der Waals surface area contributed by atoms with Crippen LogP contribution in [0.1, 0.15) is 183 Å². The first-order chi connectivity index (χ1) is 31.6. The van der Waals surface area contributed by atoms with E-state index in [9.17, 15) is 19.5 Å². The number of carbonyl (C=O) groups excluding carboxylic acids is 3. The molecule has 6 fully saturated rings. The Hall–Kier alpha value is -3.65. The third-order valence-corrected chi connectivity index (χ3v) is 24.5. The van der Waals surface area contributed by atoms with Gasteiger partial charge in [-0.1, -0.05) is 85.3 Å². The summed E-state index contributed by atoms with van der Waals surface area (Å²) in [5.41, 5.74) is 3.20. The van der Waals surface area contributed by atoms with E-state index in [1.54, 1.807) is 6.08 Å². The van der Waals surface area contributed by atoms with Gasteiger partial charge in [0.15, 0.2) is 11.5 Å². The van der Waals surface area contributed by atoms with E-state index in [-0.39, 0.29) is 55.8 Å². The van der Waals surface area contributed by atoms with Gasteiger partial charge >= 0.3 is 17.7 Å². The lowest BCUT2D eigenvalue weighted by atomic mass is 9.33. The third kappa shape index (κ3) is 5.25. The van der Waals surface area contributed by atoms with E-state index in [0.717, 1.165) is 112 Å². The summed E-state index contributed by atoms with van der Waals surface area (Å²) in [6, 6.07) is 2.11. The zero-order valence-corrected chi connectivity index (χ0v) is 43.9. The summed E-state index contributed by atoms with van der Waals surface area (Å²) in [5, 5.41) is 12.9. The summed E-state index contributed by atoms with van der Waals surface area (Å²) in [4.78, 5) is 41.6. The van der Waals surface area contributed by atoms with Gasteiger partial charge in [-0.25, -0.2) is 0 Å². The van der Waals surface area contributed by atoms with Crippen molar-refractivity contribution in [2.24, 2.45) is 66.5 Å². The van der Waals surface area contributed by atoms with Gasteiger partial charge in [0.1, 0.15) is 0 Å². The second kappa shape index (κ2) is 13.6. The molecule has 15 atom stereocenters. The zero-order chi connectivity index (χ0) is 49.1. The van der Waals surface area contributed by atoms with E-state index >= 15 is 0 Å². The number of rotatable bonds is 2. The number of benzene rings is 1. The molecule has 9 aliphatic carbocycles. The molecule has 0 aromatic heterocycles. The Morgan fingerprint density at radius 1 is 0.662 bits per heavy atom. The highest BCUT2D eigenvalue weighted by molar-refractivity contribution is 6.02. The normalized spacial score (nSPS) is 50.3. The van der Waals surface area contributed by atoms with Crippen molar-refractivity contribution in [3.8, 4) is 11.5 Å². The molecule has 0 unspecified atom stereocenters. The molecule has 1 aliphatic heterocycles. The van der Waals surface area contributed by atoms with Gasteiger partial charge < -0.3 is 24.1 Å². The molecular weight excluding hydrogens is 849 g/mol. The van der Waals surface area contributed by atoms with Crippen LogP contribution >= 0.6 is 0 Å². The Labute approximate surface area is 406 Å². The summed E-state index contributed by atoms with van der Waals surface area (Å²) >= 11 is 0. The second-order valence-electron chi connectivity index (χ2n) is 27.4. The van der Waals surface area contributed by atoms with Gasteiger partial charge in [-0.05, 0) is 197 Å². The molecule has 1 N–H and O–H groups in total. The van der Waals surface area contributed by atoms with Crippen LogP contribution in [0.3, 0.4) is 0 Å². The van der Waals surface area contributed by atoms with Gasteiger partial charge in [0, 0.05) is 22.0 Å². The lowest BCUT2D eigenvalue weighted by molar-refractivity contribution is -0.231. The third-order valence-electron chi connectivity index (χ3n) is 24.5. The maximum absolute atomic E-state index is 14.9. The van der Waals surface area contributed by atoms with Crippen molar-refractivity contribution in [2.45, 2.75) is 190 Å². The molecule has 0 bridgehead atoms. The number of fused-ring (bicyclic) bond motifs is 17. The Morgan fingerprint density at radius 2 is 1.22 bits per heavy atom. The fourth-order valence-electron chi connectivity index (χ4n) is 19.2. The van der Waals surface area contributed by atoms with Crippen molar-refractivity contribution in [1.29, 1.82) is 0 Å². The molecular formula is C60H80O8.